The summed E-state index contributed by atoms with van der Waals surface area (Å²) in [6.07, 6.45) is 4.11. The zero-order valence-corrected chi connectivity index (χ0v) is 23.6. The first kappa shape index (κ1) is 28.5. The monoisotopic (exact) mass is 524 g/mol. The third kappa shape index (κ3) is 8.46. The zero-order valence-electron chi connectivity index (χ0n) is 22.8. The van der Waals surface area contributed by atoms with Crippen molar-refractivity contribution in [3.8, 4) is 0 Å². The quantitative estimate of drug-likeness (QED) is 0.269. The van der Waals surface area contributed by atoms with E-state index < -0.39 is 0 Å². The van der Waals surface area contributed by atoms with Crippen LogP contribution < -0.4 is 21.3 Å². The van der Waals surface area contributed by atoms with E-state index in [2.05, 4.69) is 53.2 Å². The molecule has 5 N–H and O–H groups in total. The molecular formula is C27H40N8OS. The maximum absolute atomic E-state index is 11.7. The molecule has 0 aliphatic carbocycles. The second kappa shape index (κ2) is 12.4. The van der Waals surface area contributed by atoms with Gasteiger partial charge in [-0.2, -0.15) is 0 Å². The van der Waals surface area contributed by atoms with Crippen LogP contribution >= 0.6 is 11.8 Å². The number of nitrogens with zero attached hydrogens (tertiary/aromatic N) is 4. The molecule has 1 amide bonds. The summed E-state index contributed by atoms with van der Waals surface area (Å²) in [5, 5.41) is 14.3. The van der Waals surface area contributed by atoms with Crippen LogP contribution in [0, 0.1) is 5.41 Å². The van der Waals surface area contributed by atoms with Gasteiger partial charge in [0.1, 0.15) is 17.5 Å². The fourth-order valence-corrected chi connectivity index (χ4v) is 4.86. The highest BCUT2D eigenvalue weighted by molar-refractivity contribution is 7.99. The first-order valence-corrected chi connectivity index (χ1v) is 13.5. The summed E-state index contributed by atoms with van der Waals surface area (Å²) in [4.78, 5) is 26.9. The predicted molar refractivity (Wildman–Crippen MR) is 154 cm³/mol. The number of benzene rings is 1. The average Bonchev–Trinajstić information content (AvgIpc) is 2.83. The molecule has 1 aliphatic rings. The molecule has 10 heteroatoms. The Morgan fingerprint density at radius 3 is 2.43 bits per heavy atom. The van der Waals surface area contributed by atoms with Gasteiger partial charge in [0.15, 0.2) is 5.16 Å². The van der Waals surface area contributed by atoms with E-state index in [0.29, 0.717) is 35.0 Å². The molecular weight excluding hydrogens is 484 g/mol. The molecule has 2 aromatic rings. The van der Waals surface area contributed by atoms with Gasteiger partial charge in [-0.05, 0) is 89.7 Å². The van der Waals surface area contributed by atoms with Gasteiger partial charge in [-0.3, -0.25) is 9.69 Å². The third-order valence-corrected chi connectivity index (χ3v) is 7.27. The van der Waals surface area contributed by atoms with Gasteiger partial charge in [-0.1, -0.05) is 6.92 Å². The van der Waals surface area contributed by atoms with Gasteiger partial charge in [-0.25, -0.2) is 9.97 Å². The van der Waals surface area contributed by atoms with E-state index in [1.165, 1.54) is 11.8 Å². The number of nitrogens with one attached hydrogen (secondary N) is 3. The second-order valence-electron chi connectivity index (χ2n) is 10.3. The van der Waals surface area contributed by atoms with E-state index in [1.54, 1.807) is 13.0 Å². The highest BCUT2D eigenvalue weighted by Gasteiger charge is 2.29. The molecule has 0 unspecified atom stereocenters. The summed E-state index contributed by atoms with van der Waals surface area (Å²) >= 11 is 1.45. The molecule has 0 atom stereocenters. The number of piperidine rings is 1. The number of carbonyl (C=O) groups is 1. The fourth-order valence-electron chi connectivity index (χ4n) is 4.09. The van der Waals surface area contributed by atoms with Gasteiger partial charge in [0.05, 0.1) is 0 Å². The van der Waals surface area contributed by atoms with Crippen LogP contribution in [0.15, 0.2) is 52.3 Å². The molecule has 37 heavy (non-hydrogen) atoms. The number of carbonyl (C=O) groups excluding carboxylic acids is 1. The molecule has 1 aromatic carbocycles. The number of allylic oxidation sites excluding steroid dienone is 1. The lowest BCUT2D eigenvalue weighted by Crippen LogP contribution is -2.50. The fraction of sp³-hybridized carbons (Fsp3) is 0.481. The number of hydrogen-bond donors (Lipinski definition) is 4. The number of amides is 1. The number of anilines is 3. The maximum Gasteiger partial charge on any atom is 0.224 e. The van der Waals surface area contributed by atoms with Crippen molar-refractivity contribution in [2.75, 3.05) is 35.7 Å². The van der Waals surface area contributed by atoms with Crippen LogP contribution in [0.2, 0.25) is 0 Å². The van der Waals surface area contributed by atoms with Crippen LogP contribution in [-0.4, -0.2) is 58.2 Å². The maximum atomic E-state index is 11.7. The van der Waals surface area contributed by atoms with E-state index in [4.69, 9.17) is 16.1 Å². The molecule has 0 radical (unpaired) electrons. The molecule has 0 bridgehead atoms. The first-order chi connectivity index (χ1) is 17.4. The van der Waals surface area contributed by atoms with Crippen molar-refractivity contribution in [2.45, 2.75) is 75.5 Å². The molecule has 1 aliphatic heterocycles. The lowest BCUT2D eigenvalue weighted by Gasteiger charge is -2.43. The Kier molecular flexibility index (Phi) is 9.56. The number of hydrogen-bond acceptors (Lipinski definition) is 9. The van der Waals surface area contributed by atoms with Gasteiger partial charge < -0.3 is 26.7 Å². The average molecular weight is 525 g/mol. The van der Waals surface area contributed by atoms with Crippen LogP contribution in [0.4, 0.5) is 17.3 Å². The standard InChI is InChI=1S/C27H40N8OS/c1-7-25(36)30-19-8-10-21(11-9-19)37-26-32-23(31-22(29)16-18(2)28)17-24(33-26)35-14-12-20(13-15-35)34(6)27(3,4)5/h8-11,16-17,20,28H,7,12-15,29H2,1-6H3,(H,30,36)(H,31,32,33)/b22-16+,28-18?. The topological polar surface area (TPSA) is 123 Å². The minimum absolute atomic E-state index is 0.0181. The molecule has 200 valence electrons. The summed E-state index contributed by atoms with van der Waals surface area (Å²) in [5.74, 6) is 1.77. The van der Waals surface area contributed by atoms with E-state index in [9.17, 15) is 4.79 Å². The molecule has 3 rings (SSSR count). The largest absolute Gasteiger partial charge is 0.385 e. The van der Waals surface area contributed by atoms with Gasteiger partial charge in [0, 0.05) is 53.5 Å². The Morgan fingerprint density at radius 1 is 1.22 bits per heavy atom. The molecule has 9 nitrogen and oxygen atoms in total. The van der Waals surface area contributed by atoms with E-state index in [-0.39, 0.29) is 11.4 Å². The van der Waals surface area contributed by atoms with Crippen LogP contribution in [0.3, 0.4) is 0 Å². The Balaban J connectivity index is 1.81. The number of rotatable bonds is 9. The summed E-state index contributed by atoms with van der Waals surface area (Å²) in [5.41, 5.74) is 7.34. The highest BCUT2D eigenvalue weighted by Crippen LogP contribution is 2.31. The van der Waals surface area contributed by atoms with Crippen molar-refractivity contribution in [2.24, 2.45) is 5.73 Å². The van der Waals surface area contributed by atoms with Crippen molar-refractivity contribution in [1.82, 2.24) is 14.9 Å². The summed E-state index contributed by atoms with van der Waals surface area (Å²) in [6, 6.07) is 10.1. The SMILES string of the molecule is CCC(=O)Nc1ccc(Sc2nc(N/C(N)=C/C(C)=N)cc(N3CCC(N(C)C(C)(C)C)CC3)n2)cc1. The van der Waals surface area contributed by atoms with Crippen LogP contribution in [0.1, 0.15) is 53.9 Å². The smallest absolute Gasteiger partial charge is 0.224 e. The van der Waals surface area contributed by atoms with Crippen LogP contribution in [-0.2, 0) is 4.79 Å². The number of nitrogens with two attached hydrogens (primary N) is 1. The molecule has 1 fully saturated rings. The minimum Gasteiger partial charge on any atom is -0.385 e. The zero-order chi connectivity index (χ0) is 27.2. The minimum atomic E-state index is -0.0181. The summed E-state index contributed by atoms with van der Waals surface area (Å²) in [6.45, 7) is 12.1. The van der Waals surface area contributed by atoms with E-state index in [0.717, 1.165) is 42.3 Å². The molecule has 1 aromatic heterocycles. The Labute approximate surface area is 224 Å². The van der Waals surface area contributed by atoms with Gasteiger partial charge in [0.25, 0.3) is 0 Å². The van der Waals surface area contributed by atoms with Crippen molar-refractivity contribution < 1.29 is 4.79 Å². The van der Waals surface area contributed by atoms with Crippen molar-refractivity contribution in [1.29, 1.82) is 5.41 Å². The highest BCUT2D eigenvalue weighted by atomic mass is 32.2. The van der Waals surface area contributed by atoms with E-state index in [1.807, 2.05) is 37.3 Å². The Bertz CT molecular complexity index is 1120. The third-order valence-electron chi connectivity index (χ3n) is 6.40. The molecule has 0 spiro atoms. The van der Waals surface area contributed by atoms with Crippen molar-refractivity contribution >= 4 is 40.7 Å². The lowest BCUT2D eigenvalue weighted by molar-refractivity contribution is -0.115. The van der Waals surface area contributed by atoms with Gasteiger partial charge in [0.2, 0.25) is 5.91 Å². The van der Waals surface area contributed by atoms with Crippen LogP contribution in [0.25, 0.3) is 0 Å². The molecule has 2 heterocycles. The summed E-state index contributed by atoms with van der Waals surface area (Å²) < 4.78 is 0. The number of aromatic nitrogens is 2. The second-order valence-corrected chi connectivity index (χ2v) is 11.4. The molecule has 1 saturated heterocycles. The van der Waals surface area contributed by atoms with Crippen molar-refractivity contribution in [3.05, 3.63) is 42.2 Å². The predicted octanol–water partition coefficient (Wildman–Crippen LogP) is 4.93. The lowest BCUT2D eigenvalue weighted by atomic mass is 9.97. The molecule has 0 saturated carbocycles. The Morgan fingerprint density at radius 2 is 1.86 bits per heavy atom. The van der Waals surface area contributed by atoms with E-state index >= 15 is 0 Å². The summed E-state index contributed by atoms with van der Waals surface area (Å²) in [7, 11) is 2.21. The van der Waals surface area contributed by atoms with Crippen molar-refractivity contribution in [3.63, 3.8) is 0 Å². The van der Waals surface area contributed by atoms with Gasteiger partial charge in [-0.15, -0.1) is 0 Å². The Hall–Kier alpha value is -3.11. The van der Waals surface area contributed by atoms with Crippen LogP contribution in [0.5, 0.6) is 0 Å². The van der Waals surface area contributed by atoms with Gasteiger partial charge >= 0.3 is 0 Å². The normalized spacial score (nSPS) is 15.1. The first-order valence-electron chi connectivity index (χ1n) is 12.7.